The molecule has 15 nitrogen and oxygen atoms in total. The highest BCUT2D eigenvalue weighted by Gasteiger charge is 2.55. The zero-order valence-corrected chi connectivity index (χ0v) is 36.5. The molecular weight excluding hydrogens is 801 g/mol. The Bertz CT molecular complexity index is 2510. The topological polar surface area (TPSA) is 184 Å². The van der Waals surface area contributed by atoms with Crippen molar-refractivity contribution in [1.29, 1.82) is 0 Å². The van der Waals surface area contributed by atoms with Crippen molar-refractivity contribution in [2.24, 2.45) is 17.3 Å². The highest BCUT2D eigenvalue weighted by molar-refractivity contribution is 5.91. The predicted octanol–water partition coefficient (Wildman–Crippen LogP) is 7.53. The lowest BCUT2D eigenvalue weighted by atomic mass is 9.97. The molecule has 4 aliphatic rings. The third-order valence-corrected chi connectivity index (χ3v) is 13.8. The van der Waals surface area contributed by atoms with Crippen LogP contribution in [0.5, 0.6) is 0 Å². The van der Waals surface area contributed by atoms with Gasteiger partial charge in [-0.2, -0.15) is 0 Å². The second kappa shape index (κ2) is 17.2. The van der Waals surface area contributed by atoms with Gasteiger partial charge in [0, 0.05) is 38.3 Å². The lowest BCUT2D eigenvalue weighted by Gasteiger charge is -2.36. The molecule has 5 aromatic rings. The van der Waals surface area contributed by atoms with E-state index in [2.05, 4.69) is 81.3 Å². The highest BCUT2D eigenvalue weighted by atomic mass is 16.5. The Balaban J connectivity index is 0.889. The molecule has 2 aliphatic heterocycles. The number of aromatic nitrogens is 4. The highest BCUT2D eigenvalue weighted by Crippen LogP contribution is 2.58. The molecular formula is C48H56N8O7. The van der Waals surface area contributed by atoms with E-state index in [0.29, 0.717) is 25.5 Å². The van der Waals surface area contributed by atoms with Gasteiger partial charge in [0.05, 0.1) is 50.1 Å². The fourth-order valence-corrected chi connectivity index (χ4v) is 10.2. The number of hydrogen-bond donors (Lipinski definition) is 4. The molecule has 4 fully saturated rings. The summed E-state index contributed by atoms with van der Waals surface area (Å²) < 4.78 is 14.9. The minimum Gasteiger partial charge on any atom is -0.453 e. The number of alkyl carbamates (subject to hydrolysis) is 2. The summed E-state index contributed by atoms with van der Waals surface area (Å²) in [7, 11) is 4.17. The maximum atomic E-state index is 14.0. The van der Waals surface area contributed by atoms with Crippen LogP contribution in [0.25, 0.3) is 44.4 Å². The molecule has 2 saturated carbocycles. The first kappa shape index (κ1) is 42.1. The van der Waals surface area contributed by atoms with Crippen LogP contribution in [0.1, 0.15) is 82.5 Å². The number of nitrogens with zero attached hydrogens (tertiary/aromatic N) is 4. The van der Waals surface area contributed by atoms with Crippen molar-refractivity contribution in [3.05, 3.63) is 84.7 Å². The summed E-state index contributed by atoms with van der Waals surface area (Å²) in [5.74, 6) is 1.45. The van der Waals surface area contributed by atoms with Gasteiger partial charge in [0.2, 0.25) is 11.8 Å². The molecule has 4 N–H and O–H groups in total. The molecule has 9 rings (SSSR count). The largest absolute Gasteiger partial charge is 0.453 e. The van der Waals surface area contributed by atoms with Crippen LogP contribution in [-0.4, -0.2) is 106 Å². The van der Waals surface area contributed by atoms with Gasteiger partial charge in [-0.05, 0) is 95.4 Å². The quantitative estimate of drug-likeness (QED) is 0.0930. The molecule has 2 bridgehead atoms. The second-order valence-electron chi connectivity index (χ2n) is 18.1. The van der Waals surface area contributed by atoms with E-state index in [4.69, 9.17) is 24.2 Å². The number of carbonyl (C=O) groups excluding carboxylic acids is 4. The van der Waals surface area contributed by atoms with Crippen molar-refractivity contribution in [3.63, 3.8) is 0 Å². The van der Waals surface area contributed by atoms with E-state index in [0.717, 1.165) is 94.6 Å². The maximum absolute atomic E-state index is 14.0. The summed E-state index contributed by atoms with van der Waals surface area (Å²) in [6.45, 7) is 4.83. The van der Waals surface area contributed by atoms with Crippen molar-refractivity contribution in [2.45, 2.75) is 89.0 Å². The number of amides is 4. The molecule has 2 aliphatic carbocycles. The van der Waals surface area contributed by atoms with Gasteiger partial charge >= 0.3 is 12.2 Å². The van der Waals surface area contributed by atoms with Crippen LogP contribution in [0.3, 0.4) is 0 Å². The monoisotopic (exact) mass is 856 g/mol. The summed E-state index contributed by atoms with van der Waals surface area (Å²) in [5, 5.41) is 7.67. The Morgan fingerprint density at radius 1 is 0.778 bits per heavy atom. The van der Waals surface area contributed by atoms with Gasteiger partial charge in [-0.25, -0.2) is 19.6 Å². The Morgan fingerprint density at radius 2 is 1.40 bits per heavy atom. The number of benzene rings is 3. The van der Waals surface area contributed by atoms with Crippen LogP contribution >= 0.6 is 0 Å². The number of piperidine rings is 1. The van der Waals surface area contributed by atoms with E-state index in [1.54, 1.807) is 7.11 Å². The minimum atomic E-state index is -0.755. The number of rotatable bonds is 13. The summed E-state index contributed by atoms with van der Waals surface area (Å²) in [6.07, 6.45) is 8.66. The zero-order valence-electron chi connectivity index (χ0n) is 36.5. The zero-order chi connectivity index (χ0) is 44.0. The first-order valence-electron chi connectivity index (χ1n) is 22.0. The molecule has 0 radical (unpaired) electrons. The van der Waals surface area contributed by atoms with Crippen molar-refractivity contribution in [2.75, 3.05) is 34.5 Å². The molecule has 330 valence electrons. The van der Waals surface area contributed by atoms with E-state index < -0.39 is 24.3 Å². The normalized spacial score (nSPS) is 21.8. The van der Waals surface area contributed by atoms with Crippen molar-refractivity contribution in [1.82, 2.24) is 40.4 Å². The number of imidazole rings is 2. The van der Waals surface area contributed by atoms with E-state index in [1.165, 1.54) is 14.2 Å². The van der Waals surface area contributed by atoms with E-state index in [-0.39, 0.29) is 41.3 Å². The van der Waals surface area contributed by atoms with Gasteiger partial charge in [-0.1, -0.05) is 62.4 Å². The van der Waals surface area contributed by atoms with Gasteiger partial charge < -0.3 is 44.6 Å². The van der Waals surface area contributed by atoms with Crippen molar-refractivity contribution >= 4 is 34.8 Å². The van der Waals surface area contributed by atoms with E-state index in [1.807, 2.05) is 36.0 Å². The number of nitrogens with one attached hydrogen (secondary N) is 4. The predicted molar refractivity (Wildman–Crippen MR) is 236 cm³/mol. The molecule has 4 amide bonds. The first-order valence-corrected chi connectivity index (χ1v) is 22.0. The number of fused-ring (bicyclic) bond motifs is 3. The standard InChI is InChI=1S/C48H56N8O7/c1-27(2)40(54-47(60)63-5)45(58)55-26-48(17-18-48)23-39(55)42-49-25-38(51-42)33-13-12-31-20-30(10-11-32(31)21-33)28-6-8-29(9-7-28)37-24-50-43(52-37)41-34-14-15-35(22-34)56(41)44(57)36(16-19-61-3)53-46(59)62-4/h6-13,20-21,24-25,27,34-36,39-41H,14-19,22-23,26H2,1-5H3,(H,49,51)(H,50,52)(H,53,59)(H,54,60)/t34-,35-,36+,39+,40+,41+/m1/s1. The van der Waals surface area contributed by atoms with Gasteiger partial charge in [-0.3, -0.25) is 9.59 Å². The summed E-state index contributed by atoms with van der Waals surface area (Å²) in [5.41, 5.74) is 6.04. The summed E-state index contributed by atoms with van der Waals surface area (Å²) in [4.78, 5) is 72.7. The number of aromatic amines is 2. The molecule has 1 spiro atoms. The number of carbonyl (C=O) groups is 4. The van der Waals surface area contributed by atoms with Crippen LogP contribution in [0.4, 0.5) is 9.59 Å². The second-order valence-corrected chi connectivity index (χ2v) is 18.1. The van der Waals surface area contributed by atoms with E-state index in [9.17, 15) is 19.2 Å². The Hall–Kier alpha value is -6.22. The van der Waals surface area contributed by atoms with E-state index >= 15 is 0 Å². The molecule has 2 aromatic heterocycles. The fourth-order valence-electron chi connectivity index (χ4n) is 10.2. The molecule has 6 atom stereocenters. The molecule has 2 saturated heterocycles. The SMILES string of the molecule is COCC[C@H](NC(=O)OC)C(=O)N1[C@@H]2CC[C@H](C2)[C@H]1c1ncc(-c2ccc(-c3ccc4cc(-c5cnc([C@@H]6CC7(CC7)CN6C(=O)[C@@H](NC(=O)OC)C(C)C)[nH]5)ccc4c3)cc2)[nH]1. The summed E-state index contributed by atoms with van der Waals surface area (Å²) >= 11 is 0. The Morgan fingerprint density at radius 3 is 2.08 bits per heavy atom. The maximum Gasteiger partial charge on any atom is 0.407 e. The minimum absolute atomic E-state index is 0.0982. The molecule has 4 heterocycles. The number of ether oxygens (including phenoxy) is 3. The van der Waals surface area contributed by atoms with Crippen molar-refractivity contribution in [3.8, 4) is 33.6 Å². The average molecular weight is 857 g/mol. The third kappa shape index (κ3) is 8.26. The number of hydrogen-bond acceptors (Lipinski definition) is 9. The Labute approximate surface area is 366 Å². The smallest absolute Gasteiger partial charge is 0.407 e. The van der Waals surface area contributed by atoms with Crippen LogP contribution in [0.2, 0.25) is 0 Å². The van der Waals surface area contributed by atoms with Gasteiger partial charge in [0.15, 0.2) is 0 Å². The first-order chi connectivity index (χ1) is 30.5. The van der Waals surface area contributed by atoms with Crippen LogP contribution in [0, 0.1) is 17.3 Å². The van der Waals surface area contributed by atoms with Crippen LogP contribution in [0.15, 0.2) is 73.1 Å². The molecule has 63 heavy (non-hydrogen) atoms. The molecule has 0 unspecified atom stereocenters. The summed E-state index contributed by atoms with van der Waals surface area (Å²) in [6, 6.07) is 19.5. The Kier molecular flexibility index (Phi) is 11.5. The number of methoxy groups -OCH3 is 3. The van der Waals surface area contributed by atoms with Crippen LogP contribution in [-0.2, 0) is 23.8 Å². The lowest BCUT2D eigenvalue weighted by Crippen LogP contribution is -2.52. The van der Waals surface area contributed by atoms with Gasteiger partial charge in [-0.15, -0.1) is 0 Å². The van der Waals surface area contributed by atoms with Gasteiger partial charge in [0.1, 0.15) is 23.7 Å². The number of H-pyrrole nitrogens is 2. The third-order valence-electron chi connectivity index (χ3n) is 13.8. The van der Waals surface area contributed by atoms with Crippen LogP contribution < -0.4 is 10.6 Å². The molecule has 15 heteroatoms. The fraction of sp³-hybridized carbons (Fsp3) is 0.458. The lowest BCUT2D eigenvalue weighted by molar-refractivity contribution is -0.138. The van der Waals surface area contributed by atoms with Gasteiger partial charge in [0.25, 0.3) is 0 Å². The molecule has 3 aromatic carbocycles. The number of likely N-dealkylation sites (tertiary alicyclic amines) is 2. The van der Waals surface area contributed by atoms with Crippen molar-refractivity contribution < 1.29 is 33.4 Å². The average Bonchev–Trinajstić information content (AvgIpc) is 3.94.